The molecule has 1 aromatic heterocycles. The Balaban J connectivity index is 1.59. The lowest BCUT2D eigenvalue weighted by Gasteiger charge is -2.33. The van der Waals surface area contributed by atoms with Gasteiger partial charge in [-0.15, -0.1) is 0 Å². The number of halogens is 4. The number of alkyl halides is 3. The molecule has 0 aliphatic carbocycles. The molecule has 8 heteroatoms. The first kappa shape index (κ1) is 22.4. The SMILES string of the molecule is CC[C@H](NC(=O)C1CCN(c2ncc(C(F)(F)F)cc2Cl)CC1)c1ccc(C)cc1. The van der Waals surface area contributed by atoms with Crippen LogP contribution >= 0.6 is 11.6 Å². The number of benzene rings is 1. The number of amides is 1. The predicted molar refractivity (Wildman–Crippen MR) is 112 cm³/mol. The third-order valence-electron chi connectivity index (χ3n) is 5.52. The Morgan fingerprint density at radius 1 is 1.27 bits per heavy atom. The average Bonchev–Trinajstić information content (AvgIpc) is 2.72. The second kappa shape index (κ2) is 9.25. The number of hydrogen-bond acceptors (Lipinski definition) is 3. The Morgan fingerprint density at radius 3 is 2.43 bits per heavy atom. The summed E-state index contributed by atoms with van der Waals surface area (Å²) in [6, 6.07) is 8.99. The van der Waals surface area contributed by atoms with E-state index in [1.165, 1.54) is 5.56 Å². The van der Waals surface area contributed by atoms with Crippen LogP contribution in [0.4, 0.5) is 19.0 Å². The molecule has 1 atom stereocenters. The lowest BCUT2D eigenvalue weighted by molar-refractivity contribution is -0.137. The molecule has 1 saturated heterocycles. The van der Waals surface area contributed by atoms with E-state index in [1.807, 2.05) is 43.0 Å². The molecule has 2 heterocycles. The molecule has 3 rings (SSSR count). The first-order valence-electron chi connectivity index (χ1n) is 10.0. The molecule has 2 aromatic rings. The highest BCUT2D eigenvalue weighted by Crippen LogP contribution is 2.34. The third-order valence-corrected chi connectivity index (χ3v) is 5.80. The molecular weight excluding hydrogens is 415 g/mol. The van der Waals surface area contributed by atoms with E-state index in [9.17, 15) is 18.0 Å². The Kier molecular flexibility index (Phi) is 6.91. The van der Waals surface area contributed by atoms with Crippen molar-refractivity contribution < 1.29 is 18.0 Å². The smallest absolute Gasteiger partial charge is 0.355 e. The summed E-state index contributed by atoms with van der Waals surface area (Å²) < 4.78 is 38.4. The molecule has 0 spiro atoms. The zero-order chi connectivity index (χ0) is 21.9. The number of aromatic nitrogens is 1. The molecule has 1 amide bonds. The van der Waals surface area contributed by atoms with E-state index >= 15 is 0 Å². The number of nitrogens with one attached hydrogen (secondary N) is 1. The number of rotatable bonds is 5. The van der Waals surface area contributed by atoms with E-state index in [0.29, 0.717) is 31.7 Å². The summed E-state index contributed by atoms with van der Waals surface area (Å²) in [5.41, 5.74) is 1.38. The van der Waals surface area contributed by atoms with Crippen LogP contribution in [0.1, 0.15) is 48.9 Å². The second-order valence-electron chi connectivity index (χ2n) is 7.67. The fraction of sp³-hybridized carbons (Fsp3) is 0.455. The first-order valence-corrected chi connectivity index (χ1v) is 10.4. The van der Waals surface area contributed by atoms with E-state index in [4.69, 9.17) is 11.6 Å². The minimum atomic E-state index is -4.48. The van der Waals surface area contributed by atoms with Crippen molar-refractivity contribution >= 4 is 23.3 Å². The fourth-order valence-electron chi connectivity index (χ4n) is 3.68. The Labute approximate surface area is 179 Å². The van der Waals surface area contributed by atoms with E-state index in [0.717, 1.165) is 24.2 Å². The fourth-order valence-corrected chi connectivity index (χ4v) is 3.97. The van der Waals surface area contributed by atoms with Crippen molar-refractivity contribution in [2.75, 3.05) is 18.0 Å². The lowest BCUT2D eigenvalue weighted by atomic mass is 9.94. The summed E-state index contributed by atoms with van der Waals surface area (Å²) in [5.74, 6) is 0.192. The Hall–Kier alpha value is -2.28. The third kappa shape index (κ3) is 5.25. The van der Waals surface area contributed by atoms with Crippen LogP contribution in [0.25, 0.3) is 0 Å². The van der Waals surface area contributed by atoms with Gasteiger partial charge in [0, 0.05) is 25.2 Å². The highest BCUT2D eigenvalue weighted by Gasteiger charge is 2.33. The second-order valence-corrected chi connectivity index (χ2v) is 8.08. The summed E-state index contributed by atoms with van der Waals surface area (Å²) in [7, 11) is 0. The monoisotopic (exact) mass is 439 g/mol. The van der Waals surface area contributed by atoms with Gasteiger partial charge in [0.2, 0.25) is 5.91 Å². The maximum Gasteiger partial charge on any atom is 0.417 e. The van der Waals surface area contributed by atoms with Gasteiger partial charge in [0.05, 0.1) is 16.6 Å². The first-order chi connectivity index (χ1) is 14.2. The maximum atomic E-state index is 12.8. The molecule has 30 heavy (non-hydrogen) atoms. The number of carbonyl (C=O) groups excluding carboxylic acids is 1. The van der Waals surface area contributed by atoms with Crippen LogP contribution in [0, 0.1) is 12.8 Å². The van der Waals surface area contributed by atoms with Gasteiger partial charge in [-0.3, -0.25) is 4.79 Å². The quantitative estimate of drug-likeness (QED) is 0.664. The number of piperidine rings is 1. The van der Waals surface area contributed by atoms with E-state index < -0.39 is 11.7 Å². The zero-order valence-corrected chi connectivity index (χ0v) is 17.7. The van der Waals surface area contributed by atoms with Crippen molar-refractivity contribution in [3.63, 3.8) is 0 Å². The summed E-state index contributed by atoms with van der Waals surface area (Å²) in [6.07, 6.45) is -1.70. The summed E-state index contributed by atoms with van der Waals surface area (Å²) in [4.78, 5) is 18.5. The van der Waals surface area contributed by atoms with Crippen LogP contribution in [0.3, 0.4) is 0 Å². The number of carbonyl (C=O) groups is 1. The van der Waals surface area contributed by atoms with Crippen molar-refractivity contribution in [2.24, 2.45) is 5.92 Å². The van der Waals surface area contributed by atoms with Gasteiger partial charge in [-0.25, -0.2) is 4.98 Å². The summed E-state index contributed by atoms with van der Waals surface area (Å²) in [5, 5.41) is 3.11. The Bertz CT molecular complexity index is 878. The lowest BCUT2D eigenvalue weighted by Crippen LogP contribution is -2.42. The van der Waals surface area contributed by atoms with Crippen LogP contribution in [0.2, 0.25) is 5.02 Å². The molecule has 1 aliphatic rings. The molecule has 1 aliphatic heterocycles. The number of aryl methyl sites for hydroxylation is 1. The molecule has 0 radical (unpaired) electrons. The molecule has 1 fully saturated rings. The van der Waals surface area contributed by atoms with E-state index in [-0.39, 0.29) is 22.9 Å². The normalized spacial score (nSPS) is 16.4. The maximum absolute atomic E-state index is 12.8. The summed E-state index contributed by atoms with van der Waals surface area (Å²) >= 11 is 6.05. The number of nitrogens with zero attached hydrogens (tertiary/aromatic N) is 2. The predicted octanol–water partition coefficient (Wildman–Crippen LogP) is 5.55. The van der Waals surface area contributed by atoms with E-state index in [2.05, 4.69) is 10.3 Å². The van der Waals surface area contributed by atoms with Gasteiger partial charge < -0.3 is 10.2 Å². The molecular formula is C22H25ClF3N3O. The standard InChI is InChI=1S/C22H25ClF3N3O/c1-3-19(15-6-4-14(2)5-7-15)28-21(30)16-8-10-29(11-9-16)20-18(23)12-17(13-27-20)22(24,25)26/h4-7,12-13,16,19H,3,8-11H2,1-2H3,(H,28,30)/t19-/m0/s1. The largest absolute Gasteiger partial charge is 0.417 e. The number of hydrogen-bond donors (Lipinski definition) is 1. The van der Waals surface area contributed by atoms with Gasteiger partial charge in [-0.1, -0.05) is 48.4 Å². The van der Waals surface area contributed by atoms with Crippen LogP contribution in [0.15, 0.2) is 36.5 Å². The Morgan fingerprint density at radius 2 is 1.90 bits per heavy atom. The van der Waals surface area contributed by atoms with Crippen molar-refractivity contribution in [3.05, 3.63) is 58.2 Å². The molecule has 162 valence electrons. The van der Waals surface area contributed by atoms with Crippen LogP contribution in [-0.4, -0.2) is 24.0 Å². The zero-order valence-electron chi connectivity index (χ0n) is 17.0. The van der Waals surface area contributed by atoms with Crippen LogP contribution < -0.4 is 10.2 Å². The number of pyridine rings is 1. The van der Waals surface area contributed by atoms with Gasteiger partial charge in [-0.05, 0) is 37.8 Å². The molecule has 0 bridgehead atoms. The van der Waals surface area contributed by atoms with Gasteiger partial charge in [0.1, 0.15) is 5.82 Å². The van der Waals surface area contributed by atoms with Gasteiger partial charge in [-0.2, -0.15) is 13.2 Å². The van der Waals surface area contributed by atoms with Crippen LogP contribution in [0.5, 0.6) is 0 Å². The topological polar surface area (TPSA) is 45.2 Å². The van der Waals surface area contributed by atoms with Gasteiger partial charge >= 0.3 is 6.18 Å². The van der Waals surface area contributed by atoms with Gasteiger partial charge in [0.15, 0.2) is 0 Å². The highest BCUT2D eigenvalue weighted by molar-refractivity contribution is 6.33. The average molecular weight is 440 g/mol. The molecule has 0 unspecified atom stereocenters. The highest BCUT2D eigenvalue weighted by atomic mass is 35.5. The van der Waals surface area contributed by atoms with Gasteiger partial charge in [0.25, 0.3) is 0 Å². The van der Waals surface area contributed by atoms with Crippen molar-refractivity contribution in [1.29, 1.82) is 0 Å². The van der Waals surface area contributed by atoms with E-state index in [1.54, 1.807) is 0 Å². The molecule has 4 nitrogen and oxygen atoms in total. The molecule has 1 aromatic carbocycles. The van der Waals surface area contributed by atoms with Crippen molar-refractivity contribution in [2.45, 2.75) is 45.3 Å². The van der Waals surface area contributed by atoms with Crippen molar-refractivity contribution in [1.82, 2.24) is 10.3 Å². The molecule has 1 N–H and O–H groups in total. The minimum Gasteiger partial charge on any atom is -0.355 e. The minimum absolute atomic E-state index is 0.00792. The molecule has 0 saturated carbocycles. The number of anilines is 1. The summed E-state index contributed by atoms with van der Waals surface area (Å²) in [6.45, 7) is 5.08. The van der Waals surface area contributed by atoms with Crippen LogP contribution in [-0.2, 0) is 11.0 Å². The van der Waals surface area contributed by atoms with Crippen molar-refractivity contribution in [3.8, 4) is 0 Å².